The van der Waals surface area contributed by atoms with Gasteiger partial charge in [-0.2, -0.15) is 0 Å². The number of phenolic OH excluding ortho intramolecular Hbond substituents is 1. The molecule has 11 heteroatoms. The van der Waals surface area contributed by atoms with Crippen molar-refractivity contribution in [3.63, 3.8) is 0 Å². The molecule has 0 bridgehead atoms. The SMILES string of the molecule is Cc1cc(C)c(S(=O)(=O)N2C(c3cccc(C4=N[C@H]5CCCC[C@@H]5N4S(=O)(=O)c4c(C)cc(C)cc4C)c3O)=N[C@H]3CCCC[C@@H]32)c(C)c1. The van der Waals surface area contributed by atoms with Gasteiger partial charge < -0.3 is 5.11 Å². The summed E-state index contributed by atoms with van der Waals surface area (Å²) in [6.07, 6.45) is 6.51. The molecule has 2 fully saturated rings. The van der Waals surface area contributed by atoms with Crippen molar-refractivity contribution in [3.05, 3.63) is 87.0 Å². The monoisotopic (exact) mass is 702 g/mol. The highest BCUT2D eigenvalue weighted by atomic mass is 32.2. The second kappa shape index (κ2) is 12.3. The van der Waals surface area contributed by atoms with Crippen molar-refractivity contribution in [2.24, 2.45) is 9.98 Å². The van der Waals surface area contributed by atoms with Gasteiger partial charge in [-0.3, -0.25) is 9.98 Å². The highest BCUT2D eigenvalue weighted by Gasteiger charge is 2.49. The fraction of sp³-hybridized carbons (Fsp3) is 0.474. The van der Waals surface area contributed by atoms with Crippen molar-refractivity contribution in [2.45, 2.75) is 127 Å². The lowest BCUT2D eigenvalue weighted by molar-refractivity contribution is 0.315. The average Bonchev–Trinajstić information content (AvgIpc) is 3.60. The molecule has 0 amide bonds. The number of rotatable bonds is 6. The Kier molecular flexibility index (Phi) is 8.45. The molecular weight excluding hydrogens is 657 g/mol. The van der Waals surface area contributed by atoms with Crippen LogP contribution in [0.15, 0.2) is 62.2 Å². The lowest BCUT2D eigenvalue weighted by Crippen LogP contribution is -2.46. The third-order valence-corrected chi connectivity index (χ3v) is 15.0. The van der Waals surface area contributed by atoms with Crippen LogP contribution in [0.3, 0.4) is 0 Å². The zero-order valence-electron chi connectivity index (χ0n) is 29.2. The Balaban J connectivity index is 1.38. The smallest absolute Gasteiger partial charge is 0.266 e. The van der Waals surface area contributed by atoms with Crippen LogP contribution in [-0.2, 0) is 20.0 Å². The van der Waals surface area contributed by atoms with Crippen LogP contribution in [0.4, 0.5) is 0 Å². The predicted octanol–water partition coefficient (Wildman–Crippen LogP) is 6.77. The van der Waals surface area contributed by atoms with Gasteiger partial charge in [0.05, 0.1) is 45.1 Å². The van der Waals surface area contributed by atoms with Crippen LogP contribution in [0.25, 0.3) is 0 Å². The summed E-state index contributed by atoms with van der Waals surface area (Å²) >= 11 is 0. The average molecular weight is 703 g/mol. The molecule has 0 aromatic heterocycles. The summed E-state index contributed by atoms with van der Waals surface area (Å²) in [5.41, 5.74) is 5.15. The van der Waals surface area contributed by atoms with Gasteiger partial charge in [-0.1, -0.05) is 67.1 Å². The van der Waals surface area contributed by atoms with E-state index in [-0.39, 0.29) is 62.5 Å². The Hall–Kier alpha value is -3.70. The summed E-state index contributed by atoms with van der Waals surface area (Å²) in [5.74, 6) is 0.185. The first-order chi connectivity index (χ1) is 23.2. The first-order valence-electron chi connectivity index (χ1n) is 17.4. The normalized spacial score (nSPS) is 24.0. The number of phenols is 1. The number of aryl methyl sites for hydroxylation is 6. The van der Waals surface area contributed by atoms with Crippen molar-refractivity contribution >= 4 is 31.7 Å². The number of hydrogen-bond donors (Lipinski definition) is 1. The van der Waals surface area contributed by atoms with Crippen molar-refractivity contribution < 1.29 is 21.9 Å². The number of aromatic hydroxyl groups is 1. The van der Waals surface area contributed by atoms with E-state index in [4.69, 9.17) is 9.98 Å². The van der Waals surface area contributed by atoms with Crippen LogP contribution in [0.5, 0.6) is 5.75 Å². The lowest BCUT2D eigenvalue weighted by atomic mass is 9.92. The number of aliphatic imine (C=N–C) groups is 2. The van der Waals surface area contributed by atoms with Gasteiger partial charge in [0.2, 0.25) is 0 Å². The maximum absolute atomic E-state index is 14.7. The lowest BCUT2D eigenvalue weighted by Gasteiger charge is -2.34. The van der Waals surface area contributed by atoms with Crippen molar-refractivity contribution in [1.29, 1.82) is 0 Å². The van der Waals surface area contributed by atoms with Gasteiger partial charge in [0.1, 0.15) is 17.4 Å². The fourth-order valence-electron chi connectivity index (χ4n) is 8.98. The van der Waals surface area contributed by atoms with Crippen molar-refractivity contribution in [3.8, 4) is 5.75 Å². The Bertz CT molecular complexity index is 1950. The third-order valence-electron chi connectivity index (χ3n) is 10.7. The molecule has 0 saturated heterocycles. The molecule has 9 nitrogen and oxygen atoms in total. The molecule has 4 aliphatic rings. The predicted molar refractivity (Wildman–Crippen MR) is 193 cm³/mol. The highest BCUT2D eigenvalue weighted by molar-refractivity contribution is 7.90. The molecule has 4 atom stereocenters. The summed E-state index contributed by atoms with van der Waals surface area (Å²) in [5, 5.41) is 12.2. The van der Waals surface area contributed by atoms with Crippen LogP contribution >= 0.6 is 0 Å². The number of para-hydroxylation sites is 1. The second-order valence-electron chi connectivity index (χ2n) is 14.5. The van der Waals surface area contributed by atoms with E-state index < -0.39 is 20.0 Å². The van der Waals surface area contributed by atoms with E-state index in [9.17, 15) is 21.9 Å². The molecule has 3 aromatic carbocycles. The molecule has 0 radical (unpaired) electrons. The van der Waals surface area contributed by atoms with E-state index in [1.807, 2.05) is 65.8 Å². The highest BCUT2D eigenvalue weighted by Crippen LogP contribution is 2.43. The Morgan fingerprint density at radius 2 is 0.939 bits per heavy atom. The molecule has 0 spiro atoms. The molecule has 3 aromatic rings. The minimum absolute atomic E-state index is 0.200. The second-order valence-corrected chi connectivity index (χ2v) is 18.0. The van der Waals surface area contributed by atoms with E-state index >= 15 is 0 Å². The third kappa shape index (κ3) is 5.48. The maximum atomic E-state index is 14.7. The molecule has 49 heavy (non-hydrogen) atoms. The molecule has 7 rings (SSSR count). The number of benzene rings is 3. The van der Waals surface area contributed by atoms with Gasteiger partial charge >= 0.3 is 0 Å². The Labute approximate surface area is 290 Å². The van der Waals surface area contributed by atoms with Gasteiger partial charge in [0, 0.05) is 0 Å². The zero-order chi connectivity index (χ0) is 35.0. The van der Waals surface area contributed by atoms with E-state index in [1.165, 1.54) is 8.61 Å². The van der Waals surface area contributed by atoms with E-state index in [0.29, 0.717) is 35.1 Å². The van der Waals surface area contributed by atoms with Crippen LogP contribution in [0, 0.1) is 41.5 Å². The molecule has 2 aliphatic carbocycles. The molecule has 2 saturated carbocycles. The molecular formula is C38H46N4O5S2. The molecule has 1 N–H and O–H groups in total. The summed E-state index contributed by atoms with van der Waals surface area (Å²) in [7, 11) is -8.16. The van der Waals surface area contributed by atoms with Crippen molar-refractivity contribution in [2.75, 3.05) is 0 Å². The van der Waals surface area contributed by atoms with Gasteiger partial charge in [0.15, 0.2) is 0 Å². The molecule has 260 valence electrons. The quantitative estimate of drug-likeness (QED) is 0.304. The summed E-state index contributed by atoms with van der Waals surface area (Å²) < 4.78 is 61.8. The first-order valence-corrected chi connectivity index (χ1v) is 20.3. The number of nitrogens with zero attached hydrogens (tertiary/aromatic N) is 4. The summed E-state index contributed by atoms with van der Waals surface area (Å²) in [6.45, 7) is 11.2. The number of hydrogen-bond acceptors (Lipinski definition) is 7. The molecule has 0 unspecified atom stereocenters. The first kappa shape index (κ1) is 33.8. The minimum Gasteiger partial charge on any atom is -0.506 e. The zero-order valence-corrected chi connectivity index (χ0v) is 30.8. The number of sulfonamides is 2. The van der Waals surface area contributed by atoms with E-state index in [0.717, 1.165) is 49.7 Å². The van der Waals surface area contributed by atoms with Crippen LogP contribution in [-0.4, -0.2) is 66.4 Å². The standard InChI is InChI=1S/C38H46N4O5S2/c1-22-18-24(3)35(25(4)19-22)48(44,45)41-32-16-9-7-14-30(32)39-37(41)28-12-11-13-29(34(28)43)38-40-31-15-8-10-17-33(31)42(38)49(46,47)36-26(5)20-23(2)21-27(36)6/h11-13,18-21,30-33,43H,7-10,14-17H2,1-6H3/t30-,31-,32-,33-/m0/s1. The summed E-state index contributed by atoms with van der Waals surface area (Å²) in [4.78, 5) is 10.5. The van der Waals surface area contributed by atoms with Crippen LogP contribution in [0.1, 0.15) is 95.9 Å². The van der Waals surface area contributed by atoms with Crippen LogP contribution in [0.2, 0.25) is 0 Å². The van der Waals surface area contributed by atoms with E-state index in [2.05, 4.69) is 0 Å². The van der Waals surface area contributed by atoms with Gasteiger partial charge in [-0.15, -0.1) is 0 Å². The van der Waals surface area contributed by atoms with Crippen molar-refractivity contribution in [1.82, 2.24) is 8.61 Å². The molecule has 2 heterocycles. The van der Waals surface area contributed by atoms with Gasteiger partial charge in [-0.05, 0) is 102 Å². The topological polar surface area (TPSA) is 120 Å². The Morgan fingerprint density at radius 3 is 1.31 bits per heavy atom. The van der Waals surface area contributed by atoms with Crippen LogP contribution < -0.4 is 0 Å². The van der Waals surface area contributed by atoms with E-state index in [1.54, 1.807) is 18.2 Å². The minimum atomic E-state index is -4.08. The number of fused-ring (bicyclic) bond motifs is 2. The Morgan fingerprint density at radius 1 is 0.592 bits per heavy atom. The fourth-order valence-corrected chi connectivity index (χ4v) is 13.2. The number of amidine groups is 2. The van der Waals surface area contributed by atoms with Gasteiger partial charge in [0.25, 0.3) is 20.0 Å². The largest absolute Gasteiger partial charge is 0.506 e. The molecule has 2 aliphatic heterocycles. The maximum Gasteiger partial charge on any atom is 0.266 e. The van der Waals surface area contributed by atoms with Gasteiger partial charge in [-0.25, -0.2) is 25.4 Å². The summed E-state index contributed by atoms with van der Waals surface area (Å²) in [6, 6.07) is 11.4.